The second-order valence-corrected chi connectivity index (χ2v) is 5.62. The summed E-state index contributed by atoms with van der Waals surface area (Å²) >= 11 is 0. The van der Waals surface area contributed by atoms with E-state index in [1.165, 1.54) is 19.1 Å². The number of aromatic carboxylic acids is 1. The largest absolute Gasteiger partial charge is 0.493 e. The summed E-state index contributed by atoms with van der Waals surface area (Å²) in [6.45, 7) is 3.48. The van der Waals surface area contributed by atoms with Crippen molar-refractivity contribution in [3.63, 3.8) is 0 Å². The van der Waals surface area contributed by atoms with Crippen LogP contribution in [-0.4, -0.2) is 32.1 Å². The van der Waals surface area contributed by atoms with Crippen LogP contribution in [0.1, 0.15) is 24.2 Å². The van der Waals surface area contributed by atoms with Crippen LogP contribution in [0.4, 0.5) is 0 Å². The van der Waals surface area contributed by atoms with Gasteiger partial charge in [0.2, 0.25) is 10.0 Å². The van der Waals surface area contributed by atoms with E-state index in [1.807, 2.05) is 0 Å². The molecule has 1 aromatic carbocycles. The molecule has 0 fully saturated rings. The van der Waals surface area contributed by atoms with E-state index in [0.717, 1.165) is 6.07 Å². The Labute approximate surface area is 117 Å². The van der Waals surface area contributed by atoms with Gasteiger partial charge >= 0.3 is 5.97 Å². The van der Waals surface area contributed by atoms with Crippen molar-refractivity contribution < 1.29 is 23.1 Å². The van der Waals surface area contributed by atoms with Crippen molar-refractivity contribution in [1.29, 1.82) is 0 Å². The molecule has 0 spiro atoms. The van der Waals surface area contributed by atoms with Crippen LogP contribution in [0.25, 0.3) is 0 Å². The molecule has 20 heavy (non-hydrogen) atoms. The molecule has 0 heterocycles. The summed E-state index contributed by atoms with van der Waals surface area (Å²) in [5.74, 6) is 1.08. The number of nitrogens with one attached hydrogen (secondary N) is 1. The molecular formula is C13H15NO5S. The highest BCUT2D eigenvalue weighted by molar-refractivity contribution is 7.89. The van der Waals surface area contributed by atoms with Gasteiger partial charge in [-0.3, -0.25) is 0 Å². The van der Waals surface area contributed by atoms with Crippen LogP contribution in [0.15, 0.2) is 23.1 Å². The SMILES string of the molecule is C#CC(C)NS(=O)(=O)c1ccc(OCC)c(C(=O)O)c1. The lowest BCUT2D eigenvalue weighted by molar-refractivity contribution is 0.0692. The Morgan fingerprint density at radius 2 is 2.20 bits per heavy atom. The Kier molecular flexibility index (Phi) is 5.13. The summed E-state index contributed by atoms with van der Waals surface area (Å²) in [6, 6.07) is 2.92. The molecule has 0 aromatic heterocycles. The maximum Gasteiger partial charge on any atom is 0.339 e. The van der Waals surface area contributed by atoms with Crippen molar-refractivity contribution >= 4 is 16.0 Å². The van der Waals surface area contributed by atoms with Crippen LogP contribution in [0.3, 0.4) is 0 Å². The van der Waals surface area contributed by atoms with Crippen LogP contribution in [0, 0.1) is 12.3 Å². The summed E-state index contributed by atoms with van der Waals surface area (Å²) in [5, 5.41) is 9.08. The zero-order valence-corrected chi connectivity index (χ0v) is 11.9. The van der Waals surface area contributed by atoms with Crippen molar-refractivity contribution in [2.75, 3.05) is 6.61 Å². The van der Waals surface area contributed by atoms with Gasteiger partial charge in [-0.1, -0.05) is 5.92 Å². The number of hydrogen-bond acceptors (Lipinski definition) is 4. The third-order valence-corrected chi connectivity index (χ3v) is 3.91. The highest BCUT2D eigenvalue weighted by Crippen LogP contribution is 2.23. The second-order valence-electron chi connectivity index (χ2n) is 3.91. The standard InChI is InChI=1S/C13H15NO5S/c1-4-9(3)14-20(17,18)10-6-7-12(19-5-2)11(8-10)13(15)16/h1,6-9,14H,5H2,2-3H3,(H,15,16). The number of carbonyl (C=O) groups is 1. The van der Waals surface area contributed by atoms with Gasteiger partial charge in [0, 0.05) is 0 Å². The third kappa shape index (κ3) is 3.73. The van der Waals surface area contributed by atoms with Crippen LogP contribution in [-0.2, 0) is 10.0 Å². The highest BCUT2D eigenvalue weighted by Gasteiger charge is 2.20. The Morgan fingerprint density at radius 1 is 1.55 bits per heavy atom. The molecule has 0 bridgehead atoms. The molecule has 7 heteroatoms. The van der Waals surface area contributed by atoms with Crippen molar-refractivity contribution in [1.82, 2.24) is 4.72 Å². The lowest BCUT2D eigenvalue weighted by Gasteiger charge is -2.12. The van der Waals surface area contributed by atoms with Crippen molar-refractivity contribution in [3.8, 4) is 18.1 Å². The molecule has 0 radical (unpaired) electrons. The quantitative estimate of drug-likeness (QED) is 0.767. The van der Waals surface area contributed by atoms with E-state index < -0.39 is 22.0 Å². The van der Waals surface area contributed by atoms with Crippen molar-refractivity contribution in [3.05, 3.63) is 23.8 Å². The van der Waals surface area contributed by atoms with Crippen molar-refractivity contribution in [2.24, 2.45) is 0 Å². The molecule has 0 aliphatic heterocycles. The van der Waals surface area contributed by atoms with E-state index in [2.05, 4.69) is 10.6 Å². The zero-order valence-electron chi connectivity index (χ0n) is 11.1. The summed E-state index contributed by atoms with van der Waals surface area (Å²) in [6.07, 6.45) is 5.11. The lowest BCUT2D eigenvalue weighted by atomic mass is 10.2. The van der Waals surface area contributed by atoms with Gasteiger partial charge in [0.25, 0.3) is 0 Å². The minimum Gasteiger partial charge on any atom is -0.493 e. The average molecular weight is 297 g/mol. The van der Waals surface area contributed by atoms with E-state index >= 15 is 0 Å². The summed E-state index contributed by atoms with van der Waals surface area (Å²) in [7, 11) is -3.87. The topological polar surface area (TPSA) is 92.7 Å². The molecule has 0 saturated heterocycles. The smallest absolute Gasteiger partial charge is 0.339 e. The molecule has 6 nitrogen and oxygen atoms in total. The molecule has 1 atom stereocenters. The number of sulfonamides is 1. The molecule has 0 aliphatic rings. The Balaban J connectivity index is 3.25. The predicted octanol–water partition coefficient (Wildman–Crippen LogP) is 1.08. The Hall–Kier alpha value is -2.04. The lowest BCUT2D eigenvalue weighted by Crippen LogP contribution is -2.31. The monoisotopic (exact) mass is 297 g/mol. The summed E-state index contributed by atoms with van der Waals surface area (Å²) < 4.78 is 31.4. The molecule has 0 amide bonds. The minimum absolute atomic E-state index is 0.115. The highest BCUT2D eigenvalue weighted by atomic mass is 32.2. The van der Waals surface area contributed by atoms with Crippen LogP contribution in [0.2, 0.25) is 0 Å². The van der Waals surface area contributed by atoms with Gasteiger partial charge in [0.1, 0.15) is 11.3 Å². The normalized spacial score (nSPS) is 12.4. The number of hydrogen-bond donors (Lipinski definition) is 2. The average Bonchev–Trinajstić information content (AvgIpc) is 2.38. The number of ether oxygens (including phenoxy) is 1. The van der Waals surface area contributed by atoms with Gasteiger partial charge in [0.05, 0.1) is 17.5 Å². The number of carboxylic acid groups (broad SMARTS) is 1. The molecular weight excluding hydrogens is 282 g/mol. The second kappa shape index (κ2) is 6.41. The van der Waals surface area contributed by atoms with Gasteiger partial charge in [-0.05, 0) is 32.0 Å². The molecule has 1 rings (SSSR count). The van der Waals surface area contributed by atoms with E-state index in [9.17, 15) is 13.2 Å². The van der Waals surface area contributed by atoms with Gasteiger partial charge in [0.15, 0.2) is 0 Å². The number of terminal acetylenes is 1. The molecule has 1 aromatic rings. The fourth-order valence-corrected chi connectivity index (χ4v) is 2.65. The summed E-state index contributed by atoms with van der Waals surface area (Å²) in [5.41, 5.74) is -0.219. The molecule has 1 unspecified atom stereocenters. The number of benzene rings is 1. The Morgan fingerprint density at radius 3 is 2.70 bits per heavy atom. The maximum absolute atomic E-state index is 12.0. The zero-order chi connectivity index (χ0) is 15.3. The van der Waals surface area contributed by atoms with Crippen LogP contribution in [0.5, 0.6) is 5.75 Å². The first kappa shape index (κ1) is 16.0. The van der Waals surface area contributed by atoms with Crippen LogP contribution < -0.4 is 9.46 Å². The molecule has 108 valence electrons. The van der Waals surface area contributed by atoms with Crippen LogP contribution >= 0.6 is 0 Å². The maximum atomic E-state index is 12.0. The third-order valence-electron chi connectivity index (χ3n) is 2.37. The fraction of sp³-hybridized carbons (Fsp3) is 0.308. The van der Waals surface area contributed by atoms with E-state index in [-0.39, 0.29) is 22.8 Å². The first-order valence-corrected chi connectivity index (χ1v) is 7.28. The van der Waals surface area contributed by atoms with Gasteiger partial charge < -0.3 is 9.84 Å². The fourth-order valence-electron chi connectivity index (χ4n) is 1.46. The first-order valence-electron chi connectivity index (χ1n) is 5.80. The molecule has 0 saturated carbocycles. The van der Waals surface area contributed by atoms with E-state index in [1.54, 1.807) is 6.92 Å². The van der Waals surface area contributed by atoms with E-state index in [0.29, 0.717) is 0 Å². The first-order chi connectivity index (χ1) is 9.31. The number of carboxylic acids is 1. The van der Waals surface area contributed by atoms with Gasteiger partial charge in [-0.2, -0.15) is 4.72 Å². The number of rotatable bonds is 6. The van der Waals surface area contributed by atoms with E-state index in [4.69, 9.17) is 16.3 Å². The Bertz CT molecular complexity index is 645. The predicted molar refractivity (Wildman–Crippen MR) is 73.2 cm³/mol. The van der Waals surface area contributed by atoms with Gasteiger partial charge in [-0.15, -0.1) is 6.42 Å². The summed E-state index contributed by atoms with van der Waals surface area (Å²) in [4.78, 5) is 10.9. The van der Waals surface area contributed by atoms with Gasteiger partial charge in [-0.25, -0.2) is 13.2 Å². The molecule has 0 aliphatic carbocycles. The molecule has 2 N–H and O–H groups in total. The minimum atomic E-state index is -3.87. The van der Waals surface area contributed by atoms with Crippen molar-refractivity contribution in [2.45, 2.75) is 24.8 Å².